The average Bonchev–Trinajstić information content (AvgIpc) is 3.23. The average molecular weight is 394 g/mol. The summed E-state index contributed by atoms with van der Waals surface area (Å²) in [5, 5.41) is 8.09. The maximum atomic E-state index is 4.79. The highest BCUT2D eigenvalue weighted by atomic mass is 15.3. The third-order valence-corrected chi connectivity index (χ3v) is 4.63. The van der Waals surface area contributed by atoms with Gasteiger partial charge in [-0.25, -0.2) is 14.5 Å². The number of aryl methyl sites for hydroxylation is 1. The molecule has 0 amide bonds. The van der Waals surface area contributed by atoms with E-state index in [9.17, 15) is 0 Å². The zero-order chi connectivity index (χ0) is 20.3. The maximum Gasteiger partial charge on any atom is 0.202 e. The molecule has 8 nitrogen and oxygen atoms in total. The number of hydrogen-bond donors (Lipinski definition) is 1. The number of hydrogen-bond acceptors (Lipinski definition) is 7. The molecule has 0 aliphatic carbocycles. The van der Waals surface area contributed by atoms with Gasteiger partial charge in [0.2, 0.25) is 5.82 Å². The summed E-state index contributed by atoms with van der Waals surface area (Å²) in [4.78, 5) is 22.0. The van der Waals surface area contributed by atoms with E-state index in [1.165, 1.54) is 0 Å². The van der Waals surface area contributed by atoms with E-state index in [1.54, 1.807) is 31.0 Å². The van der Waals surface area contributed by atoms with Crippen molar-refractivity contribution in [3.63, 3.8) is 0 Å². The van der Waals surface area contributed by atoms with Crippen molar-refractivity contribution in [2.45, 2.75) is 13.5 Å². The molecule has 0 fully saturated rings. The largest absolute Gasteiger partial charge is 0.362 e. The lowest BCUT2D eigenvalue weighted by Gasteiger charge is -2.11. The van der Waals surface area contributed by atoms with Crippen molar-refractivity contribution in [2.24, 2.45) is 0 Å². The van der Waals surface area contributed by atoms with E-state index in [0.717, 1.165) is 28.0 Å². The van der Waals surface area contributed by atoms with Gasteiger partial charge in [0.15, 0.2) is 5.82 Å². The number of anilines is 1. The van der Waals surface area contributed by atoms with Crippen LogP contribution in [-0.4, -0.2) is 34.5 Å². The first-order valence-electron chi connectivity index (χ1n) is 9.50. The van der Waals surface area contributed by atoms with Crippen LogP contribution in [0.15, 0.2) is 73.6 Å². The third kappa shape index (κ3) is 3.46. The van der Waals surface area contributed by atoms with Crippen molar-refractivity contribution < 1.29 is 0 Å². The standard InChI is InChI=1S/C22H18N8/c1-15-11-24-14-19(27-15)21-28-22(26-13-17-12-23-8-9-25-17)20-18(7-10-30(20)29-21)16-5-3-2-4-6-16/h2-12,14H,13H2,1H3,(H,26,28,29). The fourth-order valence-electron chi connectivity index (χ4n) is 3.27. The topological polar surface area (TPSA) is 93.8 Å². The van der Waals surface area contributed by atoms with Crippen molar-refractivity contribution >= 4 is 11.3 Å². The van der Waals surface area contributed by atoms with Crippen molar-refractivity contribution in [2.75, 3.05) is 5.32 Å². The van der Waals surface area contributed by atoms with Crippen LogP contribution in [0.25, 0.3) is 28.2 Å². The lowest BCUT2D eigenvalue weighted by Crippen LogP contribution is -2.09. The Labute approximate surface area is 172 Å². The summed E-state index contributed by atoms with van der Waals surface area (Å²) in [6.07, 6.45) is 10.4. The lowest BCUT2D eigenvalue weighted by atomic mass is 10.1. The van der Waals surface area contributed by atoms with Crippen LogP contribution in [0.5, 0.6) is 0 Å². The molecule has 1 N–H and O–H groups in total. The smallest absolute Gasteiger partial charge is 0.202 e. The van der Waals surface area contributed by atoms with Gasteiger partial charge in [-0.15, -0.1) is 5.10 Å². The lowest BCUT2D eigenvalue weighted by molar-refractivity contribution is 0.896. The minimum absolute atomic E-state index is 0.485. The highest BCUT2D eigenvalue weighted by molar-refractivity contribution is 5.89. The first kappa shape index (κ1) is 17.9. The molecule has 0 spiro atoms. The van der Waals surface area contributed by atoms with E-state index in [1.807, 2.05) is 41.9 Å². The Morgan fingerprint density at radius 1 is 0.933 bits per heavy atom. The fraction of sp³-hybridized carbons (Fsp3) is 0.0909. The third-order valence-electron chi connectivity index (χ3n) is 4.63. The predicted octanol–water partition coefficient (Wildman–Crippen LogP) is 3.56. The van der Waals surface area contributed by atoms with E-state index < -0.39 is 0 Å². The molecule has 5 rings (SSSR count). The van der Waals surface area contributed by atoms with Gasteiger partial charge >= 0.3 is 0 Å². The quantitative estimate of drug-likeness (QED) is 0.487. The van der Waals surface area contributed by atoms with Crippen molar-refractivity contribution in [1.82, 2.24) is 34.5 Å². The Morgan fingerprint density at radius 3 is 2.63 bits per heavy atom. The molecule has 8 heteroatoms. The Bertz CT molecular complexity index is 1300. The van der Waals surface area contributed by atoms with Gasteiger partial charge in [0.25, 0.3) is 0 Å². The summed E-state index contributed by atoms with van der Waals surface area (Å²) in [5.41, 5.74) is 5.26. The first-order chi connectivity index (χ1) is 14.8. The Morgan fingerprint density at radius 2 is 1.83 bits per heavy atom. The minimum Gasteiger partial charge on any atom is -0.362 e. The summed E-state index contributed by atoms with van der Waals surface area (Å²) in [5.74, 6) is 1.19. The molecule has 0 bridgehead atoms. The second-order valence-corrected chi connectivity index (χ2v) is 6.77. The summed E-state index contributed by atoms with van der Waals surface area (Å²) in [6.45, 7) is 2.38. The number of rotatable bonds is 5. The molecule has 0 saturated heterocycles. The highest BCUT2D eigenvalue weighted by Crippen LogP contribution is 2.30. The fourth-order valence-corrected chi connectivity index (χ4v) is 3.27. The van der Waals surface area contributed by atoms with Gasteiger partial charge in [0.05, 0.1) is 30.3 Å². The minimum atomic E-state index is 0.485. The second kappa shape index (κ2) is 7.67. The number of fused-ring (bicyclic) bond motifs is 1. The molecule has 0 unspecified atom stereocenters. The Hall–Kier alpha value is -4.20. The van der Waals surface area contributed by atoms with Crippen LogP contribution >= 0.6 is 0 Å². The molecule has 4 heterocycles. The molecule has 30 heavy (non-hydrogen) atoms. The molecular formula is C22H18N8. The molecule has 0 aliphatic heterocycles. The van der Waals surface area contributed by atoms with Gasteiger partial charge in [-0.1, -0.05) is 30.3 Å². The van der Waals surface area contributed by atoms with Gasteiger partial charge in [0.1, 0.15) is 11.2 Å². The van der Waals surface area contributed by atoms with Crippen LogP contribution in [-0.2, 0) is 6.54 Å². The zero-order valence-corrected chi connectivity index (χ0v) is 16.3. The monoisotopic (exact) mass is 394 g/mol. The first-order valence-corrected chi connectivity index (χ1v) is 9.50. The number of benzene rings is 1. The van der Waals surface area contributed by atoms with Crippen LogP contribution in [0.4, 0.5) is 5.82 Å². The molecular weight excluding hydrogens is 376 g/mol. The normalized spacial score (nSPS) is 11.0. The highest BCUT2D eigenvalue weighted by Gasteiger charge is 2.16. The van der Waals surface area contributed by atoms with E-state index in [4.69, 9.17) is 4.98 Å². The molecule has 0 radical (unpaired) electrons. The predicted molar refractivity (Wildman–Crippen MR) is 114 cm³/mol. The van der Waals surface area contributed by atoms with Crippen LogP contribution in [0.2, 0.25) is 0 Å². The summed E-state index contributed by atoms with van der Waals surface area (Å²) in [6, 6.07) is 12.2. The molecule has 5 aromatic rings. The van der Waals surface area contributed by atoms with E-state index in [0.29, 0.717) is 23.9 Å². The summed E-state index contributed by atoms with van der Waals surface area (Å²) < 4.78 is 1.83. The van der Waals surface area contributed by atoms with Gasteiger partial charge in [-0.3, -0.25) is 15.0 Å². The molecule has 146 valence electrons. The molecule has 4 aromatic heterocycles. The van der Waals surface area contributed by atoms with Gasteiger partial charge in [-0.2, -0.15) is 0 Å². The van der Waals surface area contributed by atoms with E-state index in [2.05, 4.69) is 42.5 Å². The molecule has 0 atom stereocenters. The SMILES string of the molecule is Cc1cncc(-c2nc(NCc3cnccn3)c3c(-c4ccccc4)ccn3n2)n1. The maximum absolute atomic E-state index is 4.79. The van der Waals surface area contributed by atoms with Crippen molar-refractivity contribution in [3.05, 3.63) is 85.0 Å². The Balaban J connectivity index is 1.65. The van der Waals surface area contributed by atoms with E-state index >= 15 is 0 Å². The van der Waals surface area contributed by atoms with Crippen LogP contribution in [0.1, 0.15) is 11.4 Å². The molecule has 1 aromatic carbocycles. The zero-order valence-electron chi connectivity index (χ0n) is 16.3. The van der Waals surface area contributed by atoms with E-state index in [-0.39, 0.29) is 0 Å². The summed E-state index contributed by atoms with van der Waals surface area (Å²) >= 11 is 0. The number of aromatic nitrogens is 7. The molecule has 0 saturated carbocycles. The van der Waals surface area contributed by atoms with Crippen LogP contribution in [0, 0.1) is 6.92 Å². The Kier molecular flexibility index (Phi) is 4.57. The van der Waals surface area contributed by atoms with Gasteiger partial charge in [0, 0.05) is 30.4 Å². The van der Waals surface area contributed by atoms with Gasteiger partial charge in [-0.05, 0) is 18.6 Å². The van der Waals surface area contributed by atoms with Crippen LogP contribution in [0.3, 0.4) is 0 Å². The van der Waals surface area contributed by atoms with Crippen LogP contribution < -0.4 is 5.32 Å². The van der Waals surface area contributed by atoms with Crippen molar-refractivity contribution in [3.8, 4) is 22.6 Å². The molecule has 0 aliphatic rings. The number of nitrogens with zero attached hydrogens (tertiary/aromatic N) is 7. The van der Waals surface area contributed by atoms with Gasteiger partial charge < -0.3 is 5.32 Å². The van der Waals surface area contributed by atoms with Crippen molar-refractivity contribution in [1.29, 1.82) is 0 Å². The summed E-state index contributed by atoms with van der Waals surface area (Å²) in [7, 11) is 0. The second-order valence-electron chi connectivity index (χ2n) is 6.77. The number of nitrogens with one attached hydrogen (secondary N) is 1.